The summed E-state index contributed by atoms with van der Waals surface area (Å²) in [5, 5.41) is 13.0. The Morgan fingerprint density at radius 2 is 2.42 bits per heavy atom. The predicted molar refractivity (Wildman–Crippen MR) is 48.8 cm³/mol. The van der Waals surface area contributed by atoms with Gasteiger partial charge in [0.25, 0.3) is 0 Å². The van der Waals surface area contributed by atoms with E-state index in [1.807, 2.05) is 18.3 Å². The standard InChI is InChI=1S/C8H7BrN2O/c9-7-1-2-11-8(3-7)6(5-12)4-10-11/h1-4,12H,5H2. The van der Waals surface area contributed by atoms with E-state index in [0.29, 0.717) is 0 Å². The molecule has 2 aromatic rings. The number of aliphatic hydroxyl groups excluding tert-OH is 1. The van der Waals surface area contributed by atoms with Gasteiger partial charge in [-0.3, -0.25) is 0 Å². The summed E-state index contributed by atoms with van der Waals surface area (Å²) >= 11 is 3.36. The molecule has 0 fully saturated rings. The Balaban J connectivity index is 2.75. The van der Waals surface area contributed by atoms with Crippen molar-refractivity contribution < 1.29 is 5.11 Å². The van der Waals surface area contributed by atoms with E-state index < -0.39 is 0 Å². The van der Waals surface area contributed by atoms with E-state index in [2.05, 4.69) is 21.0 Å². The molecule has 4 heteroatoms. The lowest BCUT2D eigenvalue weighted by molar-refractivity contribution is 0.283. The van der Waals surface area contributed by atoms with Gasteiger partial charge in [-0.2, -0.15) is 5.10 Å². The molecule has 0 aliphatic carbocycles. The Bertz CT molecular complexity index is 410. The lowest BCUT2D eigenvalue weighted by Crippen LogP contribution is -1.86. The Kier molecular flexibility index (Phi) is 1.86. The number of hydrogen-bond donors (Lipinski definition) is 1. The monoisotopic (exact) mass is 226 g/mol. The fraction of sp³-hybridized carbons (Fsp3) is 0.125. The summed E-state index contributed by atoms with van der Waals surface area (Å²) in [5.41, 5.74) is 1.78. The third-order valence-electron chi connectivity index (χ3n) is 1.73. The van der Waals surface area contributed by atoms with Crippen LogP contribution in [0.5, 0.6) is 0 Å². The number of aromatic nitrogens is 2. The molecule has 0 spiro atoms. The fourth-order valence-electron chi connectivity index (χ4n) is 1.13. The molecule has 12 heavy (non-hydrogen) atoms. The maximum atomic E-state index is 8.95. The van der Waals surface area contributed by atoms with Gasteiger partial charge in [-0.1, -0.05) is 15.9 Å². The molecule has 0 amide bonds. The zero-order chi connectivity index (χ0) is 8.55. The van der Waals surface area contributed by atoms with Crippen LogP contribution in [0.25, 0.3) is 5.52 Å². The maximum absolute atomic E-state index is 8.95. The molecule has 3 nitrogen and oxygen atoms in total. The molecule has 2 rings (SSSR count). The third-order valence-corrected chi connectivity index (χ3v) is 2.23. The Morgan fingerprint density at radius 3 is 3.17 bits per heavy atom. The van der Waals surface area contributed by atoms with E-state index in [9.17, 15) is 0 Å². The first-order valence-corrected chi connectivity index (χ1v) is 4.33. The van der Waals surface area contributed by atoms with Gasteiger partial charge in [0.15, 0.2) is 0 Å². The summed E-state index contributed by atoms with van der Waals surface area (Å²) in [4.78, 5) is 0. The van der Waals surface area contributed by atoms with Gasteiger partial charge in [0.1, 0.15) is 0 Å². The van der Waals surface area contributed by atoms with Gasteiger partial charge in [-0.05, 0) is 12.1 Å². The van der Waals surface area contributed by atoms with Crippen LogP contribution >= 0.6 is 15.9 Å². The minimum atomic E-state index is 0.0277. The van der Waals surface area contributed by atoms with Crippen LogP contribution in [0.15, 0.2) is 29.0 Å². The van der Waals surface area contributed by atoms with Gasteiger partial charge in [0.2, 0.25) is 0 Å². The molecule has 62 valence electrons. The van der Waals surface area contributed by atoms with Crippen LogP contribution in [0.3, 0.4) is 0 Å². The molecule has 2 aromatic heterocycles. The molecule has 1 N–H and O–H groups in total. The molecule has 0 saturated heterocycles. The highest BCUT2D eigenvalue weighted by atomic mass is 79.9. The molecule has 2 heterocycles. The largest absolute Gasteiger partial charge is 0.392 e. The molecule has 0 unspecified atom stereocenters. The quantitative estimate of drug-likeness (QED) is 0.803. The number of aliphatic hydroxyl groups is 1. The zero-order valence-corrected chi connectivity index (χ0v) is 7.82. The Hall–Kier alpha value is -0.870. The van der Waals surface area contributed by atoms with Crippen molar-refractivity contribution in [1.29, 1.82) is 0 Å². The van der Waals surface area contributed by atoms with Crippen molar-refractivity contribution in [2.24, 2.45) is 0 Å². The first-order valence-electron chi connectivity index (χ1n) is 3.54. The van der Waals surface area contributed by atoms with Crippen LogP contribution in [0.2, 0.25) is 0 Å². The molecule has 0 bridgehead atoms. The average Bonchev–Trinajstić information content (AvgIpc) is 2.46. The summed E-state index contributed by atoms with van der Waals surface area (Å²) in [6.45, 7) is 0.0277. The number of nitrogens with zero attached hydrogens (tertiary/aromatic N) is 2. The minimum absolute atomic E-state index is 0.0277. The third kappa shape index (κ3) is 1.13. The summed E-state index contributed by atoms with van der Waals surface area (Å²) < 4.78 is 2.72. The van der Waals surface area contributed by atoms with Crippen LogP contribution in [0.4, 0.5) is 0 Å². The van der Waals surface area contributed by atoms with Gasteiger partial charge in [0, 0.05) is 16.2 Å². The topological polar surface area (TPSA) is 37.5 Å². The number of hydrogen-bond acceptors (Lipinski definition) is 2. The average molecular weight is 227 g/mol. The predicted octanol–water partition coefficient (Wildman–Crippen LogP) is 1.59. The number of rotatable bonds is 1. The molecule has 0 aliphatic heterocycles. The van der Waals surface area contributed by atoms with Crippen molar-refractivity contribution in [3.8, 4) is 0 Å². The summed E-state index contributed by atoms with van der Waals surface area (Å²) in [6, 6.07) is 3.83. The van der Waals surface area contributed by atoms with Crippen molar-refractivity contribution in [1.82, 2.24) is 9.61 Å². The Morgan fingerprint density at radius 1 is 1.58 bits per heavy atom. The normalized spacial score (nSPS) is 10.8. The van der Waals surface area contributed by atoms with E-state index in [1.165, 1.54) is 0 Å². The fourth-order valence-corrected chi connectivity index (χ4v) is 1.46. The van der Waals surface area contributed by atoms with Gasteiger partial charge in [0.05, 0.1) is 18.3 Å². The van der Waals surface area contributed by atoms with Crippen LogP contribution in [-0.2, 0) is 6.61 Å². The van der Waals surface area contributed by atoms with Gasteiger partial charge < -0.3 is 5.11 Å². The first kappa shape index (κ1) is 7.76. The lowest BCUT2D eigenvalue weighted by Gasteiger charge is -1.95. The maximum Gasteiger partial charge on any atom is 0.0728 e. The van der Waals surface area contributed by atoms with E-state index in [0.717, 1.165) is 15.6 Å². The minimum Gasteiger partial charge on any atom is -0.392 e. The van der Waals surface area contributed by atoms with E-state index in [1.54, 1.807) is 10.7 Å². The molecule has 0 radical (unpaired) electrons. The second-order valence-electron chi connectivity index (χ2n) is 2.50. The van der Waals surface area contributed by atoms with Crippen molar-refractivity contribution >= 4 is 21.4 Å². The molecule has 0 atom stereocenters. The van der Waals surface area contributed by atoms with Crippen LogP contribution in [0, 0.1) is 0 Å². The van der Waals surface area contributed by atoms with E-state index >= 15 is 0 Å². The van der Waals surface area contributed by atoms with Gasteiger partial charge in [-0.25, -0.2) is 4.52 Å². The van der Waals surface area contributed by atoms with Crippen LogP contribution in [-0.4, -0.2) is 14.7 Å². The highest BCUT2D eigenvalue weighted by molar-refractivity contribution is 9.10. The van der Waals surface area contributed by atoms with E-state index in [-0.39, 0.29) is 6.61 Å². The smallest absolute Gasteiger partial charge is 0.0728 e. The zero-order valence-electron chi connectivity index (χ0n) is 6.24. The van der Waals surface area contributed by atoms with Crippen molar-refractivity contribution in [2.45, 2.75) is 6.61 Å². The van der Waals surface area contributed by atoms with Gasteiger partial charge in [-0.15, -0.1) is 0 Å². The number of halogens is 1. The van der Waals surface area contributed by atoms with Crippen LogP contribution < -0.4 is 0 Å². The second kappa shape index (κ2) is 2.88. The van der Waals surface area contributed by atoms with Gasteiger partial charge >= 0.3 is 0 Å². The van der Waals surface area contributed by atoms with E-state index in [4.69, 9.17) is 5.11 Å². The van der Waals surface area contributed by atoms with Crippen LogP contribution in [0.1, 0.15) is 5.56 Å². The second-order valence-corrected chi connectivity index (χ2v) is 3.42. The summed E-state index contributed by atoms with van der Waals surface area (Å²) in [5.74, 6) is 0. The molecular weight excluding hydrogens is 220 g/mol. The molecular formula is C8H7BrN2O. The first-order chi connectivity index (χ1) is 5.81. The summed E-state index contributed by atoms with van der Waals surface area (Å²) in [6.07, 6.45) is 3.51. The summed E-state index contributed by atoms with van der Waals surface area (Å²) in [7, 11) is 0. The lowest BCUT2D eigenvalue weighted by atomic mass is 10.3. The number of pyridine rings is 1. The highest BCUT2D eigenvalue weighted by Crippen LogP contribution is 2.16. The SMILES string of the molecule is OCc1cnn2ccc(Br)cc12. The highest BCUT2D eigenvalue weighted by Gasteiger charge is 2.01. The van der Waals surface area contributed by atoms with Crippen molar-refractivity contribution in [3.05, 3.63) is 34.6 Å². The van der Waals surface area contributed by atoms with Crippen molar-refractivity contribution in [3.63, 3.8) is 0 Å². The molecule has 0 aromatic carbocycles. The molecule has 0 saturated carbocycles. The van der Waals surface area contributed by atoms with Crippen molar-refractivity contribution in [2.75, 3.05) is 0 Å². The Labute approximate surface area is 77.8 Å². The number of fused-ring (bicyclic) bond motifs is 1. The molecule has 0 aliphatic rings.